The van der Waals surface area contributed by atoms with Crippen LogP contribution in [-0.2, 0) is 13.1 Å². The van der Waals surface area contributed by atoms with Crippen molar-refractivity contribution >= 4 is 11.2 Å². The molecule has 0 spiro atoms. The van der Waals surface area contributed by atoms with Crippen LogP contribution in [0.15, 0.2) is 41.5 Å². The monoisotopic (exact) mass is 255 g/mol. The molecule has 0 fully saturated rings. The van der Waals surface area contributed by atoms with Gasteiger partial charge in [-0.2, -0.15) is 0 Å². The minimum atomic E-state index is -0.159. The Bertz CT molecular complexity index is 760. The fraction of sp³-hybridized carbons (Fsp3) is 0.231. The Morgan fingerprint density at radius 3 is 2.74 bits per heavy atom. The second-order valence-corrected chi connectivity index (χ2v) is 4.24. The molecule has 0 bridgehead atoms. The molecule has 0 aliphatic rings. The first-order valence-corrected chi connectivity index (χ1v) is 6.12. The van der Waals surface area contributed by atoms with Crippen molar-refractivity contribution in [1.82, 2.24) is 24.5 Å². The minimum Gasteiger partial charge on any atom is -0.293 e. The smallest absolute Gasteiger partial charge is 0.283 e. The third-order valence-corrected chi connectivity index (χ3v) is 2.99. The average molecular weight is 255 g/mol. The topological polar surface area (TPSA) is 65.6 Å². The molecule has 3 aromatic rings. The van der Waals surface area contributed by atoms with Gasteiger partial charge >= 0.3 is 0 Å². The SMILES string of the molecule is CCn1nnc2c(=O)n(Cc3ccccc3)cnc21. The first-order valence-electron chi connectivity index (χ1n) is 6.12. The number of aromatic nitrogens is 5. The van der Waals surface area contributed by atoms with Crippen LogP contribution in [0.25, 0.3) is 11.2 Å². The van der Waals surface area contributed by atoms with E-state index in [2.05, 4.69) is 15.3 Å². The number of benzene rings is 1. The molecule has 0 aliphatic heterocycles. The molecule has 0 amide bonds. The van der Waals surface area contributed by atoms with E-state index >= 15 is 0 Å². The third-order valence-electron chi connectivity index (χ3n) is 2.99. The van der Waals surface area contributed by atoms with E-state index in [1.54, 1.807) is 15.6 Å². The number of rotatable bonds is 3. The van der Waals surface area contributed by atoms with E-state index in [1.165, 1.54) is 0 Å². The highest BCUT2D eigenvalue weighted by molar-refractivity contribution is 5.67. The highest BCUT2D eigenvalue weighted by Crippen LogP contribution is 2.04. The highest BCUT2D eigenvalue weighted by Gasteiger charge is 2.10. The number of fused-ring (bicyclic) bond motifs is 1. The fourth-order valence-electron chi connectivity index (χ4n) is 1.99. The Balaban J connectivity index is 2.06. The van der Waals surface area contributed by atoms with Crippen molar-refractivity contribution < 1.29 is 0 Å². The lowest BCUT2D eigenvalue weighted by Gasteiger charge is -2.04. The second kappa shape index (κ2) is 4.64. The van der Waals surface area contributed by atoms with Gasteiger partial charge in [0.25, 0.3) is 5.56 Å². The lowest BCUT2D eigenvalue weighted by molar-refractivity contribution is 0.640. The summed E-state index contributed by atoms with van der Waals surface area (Å²) in [4.78, 5) is 16.5. The number of aryl methyl sites for hydroxylation is 1. The Morgan fingerprint density at radius 2 is 2.00 bits per heavy atom. The molecule has 2 aromatic heterocycles. The van der Waals surface area contributed by atoms with Crippen molar-refractivity contribution in [2.24, 2.45) is 0 Å². The molecule has 19 heavy (non-hydrogen) atoms. The summed E-state index contributed by atoms with van der Waals surface area (Å²) in [5.74, 6) is 0. The standard InChI is InChI=1S/C13H13N5O/c1-2-18-12-11(15-16-18)13(19)17(9-14-12)8-10-6-4-3-5-7-10/h3-7,9H,2,8H2,1H3. The van der Waals surface area contributed by atoms with Gasteiger partial charge in [0.2, 0.25) is 0 Å². The molecular weight excluding hydrogens is 242 g/mol. The van der Waals surface area contributed by atoms with Crippen LogP contribution in [0.1, 0.15) is 12.5 Å². The van der Waals surface area contributed by atoms with E-state index in [1.807, 2.05) is 37.3 Å². The molecule has 96 valence electrons. The van der Waals surface area contributed by atoms with Gasteiger partial charge in [-0.15, -0.1) is 5.10 Å². The van der Waals surface area contributed by atoms with Crippen molar-refractivity contribution in [2.45, 2.75) is 20.0 Å². The fourth-order valence-corrected chi connectivity index (χ4v) is 1.99. The van der Waals surface area contributed by atoms with E-state index in [4.69, 9.17) is 0 Å². The molecule has 0 unspecified atom stereocenters. The van der Waals surface area contributed by atoms with E-state index in [9.17, 15) is 4.79 Å². The lowest BCUT2D eigenvalue weighted by Crippen LogP contribution is -2.21. The maximum absolute atomic E-state index is 12.3. The molecule has 2 heterocycles. The van der Waals surface area contributed by atoms with Gasteiger partial charge in [0.15, 0.2) is 11.2 Å². The molecule has 0 saturated heterocycles. The molecule has 1 aromatic carbocycles. The second-order valence-electron chi connectivity index (χ2n) is 4.24. The average Bonchev–Trinajstić information content (AvgIpc) is 2.87. The summed E-state index contributed by atoms with van der Waals surface area (Å²) in [5.41, 5.74) is 1.75. The Kier molecular flexibility index (Phi) is 2.83. The third kappa shape index (κ3) is 2.01. The minimum absolute atomic E-state index is 0.159. The van der Waals surface area contributed by atoms with Crippen LogP contribution >= 0.6 is 0 Å². The predicted molar refractivity (Wildman–Crippen MR) is 70.8 cm³/mol. The van der Waals surface area contributed by atoms with Crippen molar-refractivity contribution in [3.05, 3.63) is 52.6 Å². The summed E-state index contributed by atoms with van der Waals surface area (Å²) >= 11 is 0. The van der Waals surface area contributed by atoms with Crippen LogP contribution in [0.3, 0.4) is 0 Å². The number of hydrogen-bond donors (Lipinski definition) is 0. The Morgan fingerprint density at radius 1 is 1.21 bits per heavy atom. The number of nitrogens with zero attached hydrogens (tertiary/aromatic N) is 5. The van der Waals surface area contributed by atoms with Gasteiger partial charge in [0, 0.05) is 6.54 Å². The maximum atomic E-state index is 12.3. The molecule has 0 aliphatic carbocycles. The van der Waals surface area contributed by atoms with Crippen LogP contribution in [0.4, 0.5) is 0 Å². The van der Waals surface area contributed by atoms with Crippen molar-refractivity contribution in [3.8, 4) is 0 Å². The van der Waals surface area contributed by atoms with Gasteiger partial charge in [-0.05, 0) is 12.5 Å². The molecular formula is C13H13N5O. The highest BCUT2D eigenvalue weighted by atomic mass is 16.1. The zero-order valence-electron chi connectivity index (χ0n) is 10.5. The van der Waals surface area contributed by atoms with Gasteiger partial charge < -0.3 is 0 Å². The molecule has 6 nitrogen and oxygen atoms in total. The first kappa shape index (κ1) is 11.6. The molecule has 6 heteroatoms. The van der Waals surface area contributed by atoms with Gasteiger partial charge in [0.1, 0.15) is 6.33 Å². The molecule has 0 radical (unpaired) electrons. The zero-order chi connectivity index (χ0) is 13.2. The summed E-state index contributed by atoms with van der Waals surface area (Å²) < 4.78 is 3.16. The van der Waals surface area contributed by atoms with Gasteiger partial charge in [-0.3, -0.25) is 9.36 Å². The largest absolute Gasteiger partial charge is 0.293 e. The summed E-state index contributed by atoms with van der Waals surface area (Å²) in [7, 11) is 0. The van der Waals surface area contributed by atoms with Crippen LogP contribution in [-0.4, -0.2) is 24.5 Å². The van der Waals surface area contributed by atoms with E-state index in [0.29, 0.717) is 24.3 Å². The van der Waals surface area contributed by atoms with Gasteiger partial charge in [-0.25, -0.2) is 9.67 Å². The van der Waals surface area contributed by atoms with Crippen LogP contribution in [0, 0.1) is 0 Å². The number of hydrogen-bond acceptors (Lipinski definition) is 4. The van der Waals surface area contributed by atoms with Crippen molar-refractivity contribution in [3.63, 3.8) is 0 Å². The molecule has 0 saturated carbocycles. The summed E-state index contributed by atoms with van der Waals surface area (Å²) in [6, 6.07) is 9.78. The Labute approximate surface area is 109 Å². The normalized spacial score (nSPS) is 11.0. The van der Waals surface area contributed by atoms with E-state index in [0.717, 1.165) is 5.56 Å². The zero-order valence-corrected chi connectivity index (χ0v) is 10.5. The Hall–Kier alpha value is -2.50. The summed E-state index contributed by atoms with van der Waals surface area (Å²) in [5, 5.41) is 7.82. The van der Waals surface area contributed by atoms with E-state index in [-0.39, 0.29) is 5.56 Å². The predicted octanol–water partition coefficient (Wildman–Crippen LogP) is 1.06. The summed E-state index contributed by atoms with van der Waals surface area (Å²) in [6.07, 6.45) is 1.55. The van der Waals surface area contributed by atoms with Crippen LogP contribution < -0.4 is 5.56 Å². The molecule has 0 N–H and O–H groups in total. The van der Waals surface area contributed by atoms with Crippen molar-refractivity contribution in [2.75, 3.05) is 0 Å². The summed E-state index contributed by atoms with van der Waals surface area (Å²) in [6.45, 7) is 3.07. The first-order chi connectivity index (χ1) is 9.29. The van der Waals surface area contributed by atoms with E-state index < -0.39 is 0 Å². The van der Waals surface area contributed by atoms with Crippen molar-refractivity contribution in [1.29, 1.82) is 0 Å². The lowest BCUT2D eigenvalue weighted by atomic mass is 10.2. The molecule has 0 atom stereocenters. The van der Waals surface area contributed by atoms with Crippen LogP contribution in [0.2, 0.25) is 0 Å². The maximum Gasteiger partial charge on any atom is 0.283 e. The van der Waals surface area contributed by atoms with Crippen LogP contribution in [0.5, 0.6) is 0 Å². The van der Waals surface area contributed by atoms with Gasteiger partial charge in [-0.1, -0.05) is 35.5 Å². The van der Waals surface area contributed by atoms with Gasteiger partial charge in [0.05, 0.1) is 6.54 Å². The molecule has 3 rings (SSSR count). The quantitative estimate of drug-likeness (QED) is 0.701.